The van der Waals surface area contributed by atoms with Gasteiger partial charge in [-0.3, -0.25) is 0 Å². The first-order chi connectivity index (χ1) is 9.84. The van der Waals surface area contributed by atoms with Crippen molar-refractivity contribution in [2.75, 3.05) is 5.73 Å². The van der Waals surface area contributed by atoms with Crippen LogP contribution in [0.2, 0.25) is 0 Å². The van der Waals surface area contributed by atoms with E-state index in [0.29, 0.717) is 19.8 Å². The molecular formula is C17H15NSSe. The zero-order valence-corrected chi connectivity index (χ0v) is 13.4. The molecule has 0 radical (unpaired) electrons. The molecule has 0 amide bonds. The summed E-state index contributed by atoms with van der Waals surface area (Å²) in [5.41, 5.74) is 8.42. The first-order valence-corrected chi connectivity index (χ1v) is 9.16. The molecule has 0 saturated carbocycles. The van der Waals surface area contributed by atoms with Crippen LogP contribution in [0.4, 0.5) is 5.69 Å². The summed E-state index contributed by atoms with van der Waals surface area (Å²) < 4.78 is 1.40. The molecule has 0 spiro atoms. The van der Waals surface area contributed by atoms with Crippen molar-refractivity contribution >= 4 is 36.4 Å². The van der Waals surface area contributed by atoms with Crippen molar-refractivity contribution in [3.05, 3.63) is 82.6 Å². The van der Waals surface area contributed by atoms with Gasteiger partial charge in [0.25, 0.3) is 0 Å². The Balaban J connectivity index is 1.98. The van der Waals surface area contributed by atoms with E-state index in [-0.39, 0.29) is 0 Å². The molecule has 100 valence electrons. The summed E-state index contributed by atoms with van der Waals surface area (Å²) in [5, 5.41) is 2.08. The SMILES string of the molecule is Nc1ccsc1C([Se]c1ccccc1)c1ccccc1. The molecule has 20 heavy (non-hydrogen) atoms. The van der Waals surface area contributed by atoms with Crippen LogP contribution in [0.5, 0.6) is 0 Å². The van der Waals surface area contributed by atoms with Crippen molar-refractivity contribution in [2.45, 2.75) is 4.82 Å². The maximum absolute atomic E-state index is 6.15. The molecule has 1 atom stereocenters. The second kappa shape index (κ2) is 6.27. The minimum atomic E-state index is 0.335. The Morgan fingerprint density at radius 2 is 1.50 bits per heavy atom. The standard InChI is InChI=1S/C17H15NSSe/c18-15-11-12-19-16(15)17(13-7-3-1-4-8-13)20-14-9-5-2-6-10-14/h1-12,17H,18H2. The topological polar surface area (TPSA) is 26.0 Å². The fourth-order valence-electron chi connectivity index (χ4n) is 2.08. The van der Waals surface area contributed by atoms with Gasteiger partial charge in [-0.15, -0.1) is 0 Å². The molecule has 0 fully saturated rings. The molecule has 3 heteroatoms. The zero-order valence-electron chi connectivity index (χ0n) is 10.9. The summed E-state index contributed by atoms with van der Waals surface area (Å²) >= 11 is 2.10. The Morgan fingerprint density at radius 3 is 2.10 bits per heavy atom. The predicted octanol–water partition coefficient (Wildman–Crippen LogP) is 3.45. The number of nitrogen functional groups attached to an aromatic ring is 1. The van der Waals surface area contributed by atoms with E-state index in [2.05, 4.69) is 66.0 Å². The van der Waals surface area contributed by atoms with E-state index in [9.17, 15) is 0 Å². The van der Waals surface area contributed by atoms with Crippen LogP contribution in [0.15, 0.2) is 72.1 Å². The van der Waals surface area contributed by atoms with Crippen molar-refractivity contribution in [1.29, 1.82) is 0 Å². The summed E-state index contributed by atoms with van der Waals surface area (Å²) in [5.74, 6) is 0. The molecule has 0 aliphatic carbocycles. The van der Waals surface area contributed by atoms with E-state index in [1.165, 1.54) is 14.9 Å². The molecule has 2 N–H and O–H groups in total. The fourth-order valence-corrected chi connectivity index (χ4v) is 5.86. The average Bonchev–Trinajstić information content (AvgIpc) is 2.93. The van der Waals surface area contributed by atoms with Gasteiger partial charge in [0.2, 0.25) is 0 Å². The molecule has 3 rings (SSSR count). The molecule has 0 saturated heterocycles. The van der Waals surface area contributed by atoms with Gasteiger partial charge >= 0.3 is 130 Å². The van der Waals surface area contributed by atoms with E-state index < -0.39 is 0 Å². The van der Waals surface area contributed by atoms with E-state index >= 15 is 0 Å². The van der Waals surface area contributed by atoms with E-state index in [1.807, 2.05) is 6.07 Å². The van der Waals surface area contributed by atoms with E-state index in [0.717, 1.165) is 5.69 Å². The van der Waals surface area contributed by atoms with Crippen LogP contribution in [0.3, 0.4) is 0 Å². The number of benzene rings is 2. The van der Waals surface area contributed by atoms with Gasteiger partial charge in [0.05, 0.1) is 0 Å². The normalized spacial score (nSPS) is 12.2. The van der Waals surface area contributed by atoms with Gasteiger partial charge in [0, 0.05) is 0 Å². The van der Waals surface area contributed by atoms with Gasteiger partial charge in [-0.05, 0) is 0 Å². The van der Waals surface area contributed by atoms with Gasteiger partial charge in [-0.1, -0.05) is 0 Å². The summed E-state index contributed by atoms with van der Waals surface area (Å²) in [6.45, 7) is 0. The molecular weight excluding hydrogens is 329 g/mol. The van der Waals surface area contributed by atoms with Crippen molar-refractivity contribution in [1.82, 2.24) is 0 Å². The quantitative estimate of drug-likeness (QED) is 0.721. The molecule has 1 unspecified atom stereocenters. The molecule has 2 aromatic carbocycles. The Labute approximate surface area is 129 Å². The zero-order chi connectivity index (χ0) is 13.8. The van der Waals surface area contributed by atoms with Crippen LogP contribution in [0.25, 0.3) is 0 Å². The van der Waals surface area contributed by atoms with Gasteiger partial charge in [0.1, 0.15) is 0 Å². The van der Waals surface area contributed by atoms with Gasteiger partial charge in [-0.25, -0.2) is 0 Å². The van der Waals surface area contributed by atoms with Crippen LogP contribution < -0.4 is 10.2 Å². The summed E-state index contributed by atoms with van der Waals surface area (Å²) in [4.78, 5) is 1.69. The molecule has 0 aliphatic heterocycles. The third-order valence-corrected chi connectivity index (χ3v) is 7.10. The molecule has 0 aliphatic rings. The second-order valence-electron chi connectivity index (χ2n) is 4.46. The third kappa shape index (κ3) is 2.96. The Hall–Kier alpha value is -1.54. The number of anilines is 1. The molecule has 1 nitrogen and oxygen atoms in total. The van der Waals surface area contributed by atoms with E-state index in [1.54, 1.807) is 11.3 Å². The average molecular weight is 344 g/mol. The van der Waals surface area contributed by atoms with Gasteiger partial charge in [-0.2, -0.15) is 0 Å². The van der Waals surface area contributed by atoms with Crippen LogP contribution in [0, 0.1) is 0 Å². The first kappa shape index (κ1) is 13.4. The number of hydrogen-bond donors (Lipinski definition) is 1. The van der Waals surface area contributed by atoms with Crippen molar-refractivity contribution in [3.8, 4) is 0 Å². The molecule has 0 bridgehead atoms. The molecule has 3 aromatic rings. The monoisotopic (exact) mass is 345 g/mol. The predicted molar refractivity (Wildman–Crippen MR) is 88.8 cm³/mol. The minimum absolute atomic E-state index is 0.335. The van der Waals surface area contributed by atoms with Crippen molar-refractivity contribution in [3.63, 3.8) is 0 Å². The van der Waals surface area contributed by atoms with Crippen molar-refractivity contribution < 1.29 is 0 Å². The molecule has 1 heterocycles. The third-order valence-electron chi connectivity index (χ3n) is 3.06. The second-order valence-corrected chi connectivity index (χ2v) is 7.88. The summed E-state index contributed by atoms with van der Waals surface area (Å²) in [6.07, 6.45) is 0. The van der Waals surface area contributed by atoms with Crippen LogP contribution in [0.1, 0.15) is 15.3 Å². The van der Waals surface area contributed by atoms with Crippen LogP contribution >= 0.6 is 11.3 Å². The number of hydrogen-bond acceptors (Lipinski definition) is 2. The summed E-state index contributed by atoms with van der Waals surface area (Å²) in [6, 6.07) is 23.4. The van der Waals surface area contributed by atoms with Crippen LogP contribution in [-0.2, 0) is 0 Å². The fraction of sp³-hybridized carbons (Fsp3) is 0.0588. The number of rotatable bonds is 4. The Bertz CT molecular complexity index is 664. The summed E-state index contributed by atoms with van der Waals surface area (Å²) in [7, 11) is 0. The Kier molecular flexibility index (Phi) is 4.22. The molecule has 1 aromatic heterocycles. The van der Waals surface area contributed by atoms with Crippen LogP contribution in [-0.4, -0.2) is 15.0 Å². The maximum atomic E-state index is 6.15. The Morgan fingerprint density at radius 1 is 0.850 bits per heavy atom. The number of nitrogens with two attached hydrogens (primary N) is 1. The first-order valence-electron chi connectivity index (χ1n) is 6.44. The van der Waals surface area contributed by atoms with Crippen molar-refractivity contribution in [2.24, 2.45) is 0 Å². The number of thiophene rings is 1. The van der Waals surface area contributed by atoms with E-state index in [4.69, 9.17) is 5.73 Å². The van der Waals surface area contributed by atoms with Gasteiger partial charge < -0.3 is 0 Å². The van der Waals surface area contributed by atoms with Gasteiger partial charge in [0.15, 0.2) is 0 Å².